The Balaban J connectivity index is 1.61. The first-order chi connectivity index (χ1) is 11.6. The number of hydrogen-bond donors (Lipinski definition) is 0. The van der Waals surface area contributed by atoms with Crippen molar-refractivity contribution in [2.45, 2.75) is 26.4 Å². The fourth-order valence-electron chi connectivity index (χ4n) is 2.94. The van der Waals surface area contributed by atoms with Gasteiger partial charge in [0.05, 0.1) is 18.5 Å². The Hall–Kier alpha value is -2.39. The van der Waals surface area contributed by atoms with Gasteiger partial charge in [-0.3, -0.25) is 9.69 Å². The quantitative estimate of drug-likeness (QED) is 0.695. The van der Waals surface area contributed by atoms with Gasteiger partial charge in [-0.25, -0.2) is 15.0 Å². The van der Waals surface area contributed by atoms with E-state index in [0.717, 1.165) is 34.9 Å². The van der Waals surface area contributed by atoms with E-state index < -0.39 is 0 Å². The highest BCUT2D eigenvalue weighted by atomic mass is 32.1. The van der Waals surface area contributed by atoms with E-state index in [1.165, 1.54) is 22.2 Å². The average molecular weight is 344 g/mol. The number of hydrogen-bond acceptors (Lipinski definition) is 8. The summed E-state index contributed by atoms with van der Waals surface area (Å²) in [5.74, 6) is 0.617. The van der Waals surface area contributed by atoms with Crippen LogP contribution in [-0.2, 0) is 19.5 Å². The second-order valence-corrected chi connectivity index (χ2v) is 6.83. The minimum Gasteiger partial charge on any atom is -0.481 e. The molecule has 1 aliphatic heterocycles. The summed E-state index contributed by atoms with van der Waals surface area (Å²) in [7, 11) is 1.62. The van der Waals surface area contributed by atoms with Crippen LogP contribution in [0.5, 0.6) is 5.88 Å². The molecule has 0 spiro atoms. The molecular formula is C15H16N6O2S. The largest absolute Gasteiger partial charge is 0.481 e. The molecule has 4 rings (SSSR count). The first-order valence-corrected chi connectivity index (χ1v) is 8.41. The molecule has 4 heterocycles. The first-order valence-electron chi connectivity index (χ1n) is 7.59. The number of aryl methyl sites for hydroxylation is 1. The smallest absolute Gasteiger partial charge is 0.275 e. The lowest BCUT2D eigenvalue weighted by molar-refractivity contribution is 0.233. The van der Waals surface area contributed by atoms with Crippen LogP contribution < -0.4 is 10.3 Å². The van der Waals surface area contributed by atoms with Crippen LogP contribution in [0.1, 0.15) is 22.0 Å². The Bertz CT molecular complexity index is 952. The normalized spacial score (nSPS) is 14.8. The van der Waals surface area contributed by atoms with E-state index in [2.05, 4.69) is 25.0 Å². The summed E-state index contributed by atoms with van der Waals surface area (Å²) in [6.45, 7) is 4.00. The van der Waals surface area contributed by atoms with Crippen molar-refractivity contribution in [3.63, 3.8) is 0 Å². The highest BCUT2D eigenvalue weighted by Crippen LogP contribution is 2.25. The molecule has 3 aromatic heterocycles. The number of nitrogens with zero attached hydrogens (tertiary/aromatic N) is 6. The zero-order valence-electron chi connectivity index (χ0n) is 13.4. The highest BCUT2D eigenvalue weighted by molar-refractivity contribution is 7.16. The van der Waals surface area contributed by atoms with Crippen molar-refractivity contribution in [3.8, 4) is 5.88 Å². The molecule has 0 N–H and O–H groups in total. The molecule has 0 atom stereocenters. The van der Waals surface area contributed by atoms with Crippen LogP contribution in [0.15, 0.2) is 17.2 Å². The Morgan fingerprint density at radius 1 is 1.38 bits per heavy atom. The molecule has 0 amide bonds. The minimum absolute atomic E-state index is 0.141. The van der Waals surface area contributed by atoms with Crippen molar-refractivity contribution in [2.75, 3.05) is 13.7 Å². The van der Waals surface area contributed by atoms with Gasteiger partial charge >= 0.3 is 0 Å². The van der Waals surface area contributed by atoms with Crippen LogP contribution in [-0.4, -0.2) is 43.1 Å². The fourth-order valence-corrected chi connectivity index (χ4v) is 3.71. The summed E-state index contributed by atoms with van der Waals surface area (Å²) in [5.41, 5.74) is 2.65. The highest BCUT2D eigenvalue weighted by Gasteiger charge is 2.22. The Kier molecular flexibility index (Phi) is 3.73. The van der Waals surface area contributed by atoms with Gasteiger partial charge in [0.1, 0.15) is 11.3 Å². The van der Waals surface area contributed by atoms with Crippen LogP contribution in [0.4, 0.5) is 0 Å². The van der Waals surface area contributed by atoms with E-state index in [4.69, 9.17) is 4.74 Å². The predicted octanol–water partition coefficient (Wildman–Crippen LogP) is 0.816. The lowest BCUT2D eigenvalue weighted by Gasteiger charge is -2.28. The lowest BCUT2D eigenvalue weighted by Crippen LogP contribution is -2.32. The van der Waals surface area contributed by atoms with E-state index in [-0.39, 0.29) is 5.56 Å². The van der Waals surface area contributed by atoms with Gasteiger partial charge in [0, 0.05) is 37.7 Å². The molecule has 0 saturated carbocycles. The molecule has 0 saturated heterocycles. The second kappa shape index (κ2) is 5.91. The molecule has 0 bridgehead atoms. The second-order valence-electron chi connectivity index (χ2n) is 5.67. The molecule has 0 aromatic carbocycles. The summed E-state index contributed by atoms with van der Waals surface area (Å²) in [5, 5.41) is 4.99. The maximum absolute atomic E-state index is 12.2. The topological polar surface area (TPSA) is 85.5 Å². The van der Waals surface area contributed by atoms with Crippen LogP contribution in [0, 0.1) is 6.92 Å². The van der Waals surface area contributed by atoms with Gasteiger partial charge in [0.2, 0.25) is 10.8 Å². The molecule has 0 aliphatic carbocycles. The van der Waals surface area contributed by atoms with Gasteiger partial charge in [-0.2, -0.15) is 9.61 Å². The van der Waals surface area contributed by atoms with E-state index in [9.17, 15) is 4.79 Å². The molecule has 0 fully saturated rings. The molecule has 8 nitrogen and oxygen atoms in total. The van der Waals surface area contributed by atoms with Crippen molar-refractivity contribution in [2.24, 2.45) is 0 Å². The molecular weight excluding hydrogens is 328 g/mol. The predicted molar refractivity (Wildman–Crippen MR) is 88.3 cm³/mol. The maximum atomic E-state index is 12.2. The van der Waals surface area contributed by atoms with Crippen molar-refractivity contribution in [3.05, 3.63) is 44.7 Å². The lowest BCUT2D eigenvalue weighted by atomic mass is 10.1. The average Bonchev–Trinajstić information content (AvgIpc) is 2.95. The number of methoxy groups -OCH3 is 1. The minimum atomic E-state index is -0.141. The molecule has 0 unspecified atom stereocenters. The third-order valence-corrected chi connectivity index (χ3v) is 4.84. The van der Waals surface area contributed by atoms with Gasteiger partial charge in [0.15, 0.2) is 0 Å². The van der Waals surface area contributed by atoms with E-state index >= 15 is 0 Å². The first kappa shape index (κ1) is 15.2. The van der Waals surface area contributed by atoms with Crippen LogP contribution >= 0.6 is 11.3 Å². The van der Waals surface area contributed by atoms with Gasteiger partial charge in [-0.1, -0.05) is 11.3 Å². The SMILES string of the molecule is COc1ncnc2c1CN(Cc1cc(=O)n3nc(C)sc3n1)CC2. The number of ether oxygens (including phenoxy) is 1. The Morgan fingerprint density at radius 3 is 3.08 bits per heavy atom. The van der Waals surface area contributed by atoms with E-state index in [0.29, 0.717) is 23.9 Å². The molecule has 24 heavy (non-hydrogen) atoms. The molecule has 124 valence electrons. The van der Waals surface area contributed by atoms with Crippen LogP contribution in [0.3, 0.4) is 0 Å². The Labute approximate surface area is 141 Å². The Morgan fingerprint density at radius 2 is 2.25 bits per heavy atom. The fraction of sp³-hybridized carbons (Fsp3) is 0.400. The summed E-state index contributed by atoms with van der Waals surface area (Å²) >= 11 is 1.42. The van der Waals surface area contributed by atoms with Crippen LogP contribution in [0.25, 0.3) is 4.96 Å². The zero-order chi connectivity index (χ0) is 16.7. The van der Waals surface area contributed by atoms with Gasteiger partial charge in [0.25, 0.3) is 5.56 Å². The van der Waals surface area contributed by atoms with Crippen molar-refractivity contribution < 1.29 is 4.74 Å². The molecule has 3 aromatic rings. The standard InChI is InChI=1S/C15H16N6O2S/c1-9-19-21-13(22)5-10(18-15(21)24-9)6-20-4-3-12-11(7-20)14(23-2)17-8-16-12/h5,8H,3-4,6-7H2,1-2H3. The van der Waals surface area contributed by atoms with Gasteiger partial charge < -0.3 is 4.74 Å². The third kappa shape index (κ3) is 2.65. The summed E-state index contributed by atoms with van der Waals surface area (Å²) in [6, 6.07) is 1.56. The zero-order valence-corrected chi connectivity index (χ0v) is 14.2. The molecule has 1 aliphatic rings. The van der Waals surface area contributed by atoms with Crippen molar-refractivity contribution in [1.82, 2.24) is 29.5 Å². The number of fused-ring (bicyclic) bond motifs is 2. The van der Waals surface area contributed by atoms with E-state index in [1.54, 1.807) is 13.2 Å². The van der Waals surface area contributed by atoms with Gasteiger partial charge in [-0.15, -0.1) is 0 Å². The summed E-state index contributed by atoms with van der Waals surface area (Å²) in [6.07, 6.45) is 2.37. The van der Waals surface area contributed by atoms with Crippen molar-refractivity contribution in [1.29, 1.82) is 0 Å². The third-order valence-electron chi connectivity index (χ3n) is 4.02. The summed E-state index contributed by atoms with van der Waals surface area (Å²) < 4.78 is 6.69. The number of aromatic nitrogens is 5. The van der Waals surface area contributed by atoms with Crippen molar-refractivity contribution >= 4 is 16.3 Å². The van der Waals surface area contributed by atoms with Gasteiger partial charge in [-0.05, 0) is 6.92 Å². The monoisotopic (exact) mass is 344 g/mol. The maximum Gasteiger partial charge on any atom is 0.275 e. The molecule has 0 radical (unpaired) electrons. The molecule has 9 heteroatoms. The summed E-state index contributed by atoms with van der Waals surface area (Å²) in [4.78, 5) is 28.1. The van der Waals surface area contributed by atoms with Crippen LogP contribution in [0.2, 0.25) is 0 Å². The van der Waals surface area contributed by atoms with E-state index in [1.807, 2.05) is 6.92 Å². The number of rotatable bonds is 3.